The molecule has 1 aliphatic heterocycles. The number of hydrogen-bond donors (Lipinski definition) is 1. The van der Waals surface area contributed by atoms with Crippen molar-refractivity contribution in [2.75, 3.05) is 25.0 Å². The minimum Gasteiger partial charge on any atom is -0.462 e. The summed E-state index contributed by atoms with van der Waals surface area (Å²) in [6, 6.07) is 0.0989. The molecule has 2 aromatic rings. The summed E-state index contributed by atoms with van der Waals surface area (Å²) in [5, 5.41) is 8.76. The molecule has 3 heterocycles. The number of aromatic nitrogens is 3. The molecule has 0 radical (unpaired) electrons. The molecule has 0 spiro atoms. The Morgan fingerprint density at radius 2 is 1.90 bits per heavy atom. The highest BCUT2D eigenvalue weighted by molar-refractivity contribution is 6.05. The van der Waals surface area contributed by atoms with Crippen molar-refractivity contribution in [3.63, 3.8) is 0 Å². The van der Waals surface area contributed by atoms with Gasteiger partial charge in [-0.1, -0.05) is 0 Å². The monoisotopic (exact) mass is 431 g/mol. The molecule has 1 amide bonds. The van der Waals surface area contributed by atoms with E-state index in [0.29, 0.717) is 36.6 Å². The van der Waals surface area contributed by atoms with Crippen molar-refractivity contribution in [3.05, 3.63) is 17.5 Å². The standard InChI is InChI=1S/C22H33N5O4/c1-7-27-19-16(13-23-27)18(17(14(3)24-19)20(28)30-8-2)25-15-9-11-26(12-10-15)21(29)31-22(4,5)6/h13,15H,7-12H2,1-6H3,(H,24,25). The fraction of sp³-hybridized carbons (Fsp3) is 0.636. The van der Waals surface area contributed by atoms with Crippen LogP contribution in [0.3, 0.4) is 0 Å². The molecule has 0 aliphatic carbocycles. The number of ether oxygens (including phenoxy) is 2. The molecular weight excluding hydrogens is 398 g/mol. The van der Waals surface area contributed by atoms with E-state index in [0.717, 1.165) is 23.9 Å². The number of anilines is 1. The van der Waals surface area contributed by atoms with Gasteiger partial charge in [-0.3, -0.25) is 0 Å². The van der Waals surface area contributed by atoms with Crippen LogP contribution in [0.25, 0.3) is 11.0 Å². The Kier molecular flexibility index (Phi) is 6.71. The smallest absolute Gasteiger partial charge is 0.410 e. The van der Waals surface area contributed by atoms with E-state index in [1.165, 1.54) is 0 Å². The summed E-state index contributed by atoms with van der Waals surface area (Å²) >= 11 is 0. The zero-order valence-electron chi connectivity index (χ0n) is 19.3. The van der Waals surface area contributed by atoms with E-state index in [9.17, 15) is 9.59 Å². The number of aryl methyl sites for hydroxylation is 2. The summed E-state index contributed by atoms with van der Waals surface area (Å²) in [5.41, 5.74) is 1.98. The zero-order valence-corrected chi connectivity index (χ0v) is 19.3. The van der Waals surface area contributed by atoms with Gasteiger partial charge in [0.25, 0.3) is 0 Å². The lowest BCUT2D eigenvalue weighted by Gasteiger charge is -2.34. The number of rotatable bonds is 5. The van der Waals surface area contributed by atoms with Crippen molar-refractivity contribution in [1.29, 1.82) is 0 Å². The van der Waals surface area contributed by atoms with E-state index < -0.39 is 11.6 Å². The number of nitrogens with zero attached hydrogens (tertiary/aromatic N) is 4. The van der Waals surface area contributed by atoms with Gasteiger partial charge in [-0.2, -0.15) is 5.10 Å². The lowest BCUT2D eigenvalue weighted by molar-refractivity contribution is 0.0210. The topological polar surface area (TPSA) is 98.6 Å². The van der Waals surface area contributed by atoms with Crippen LogP contribution >= 0.6 is 0 Å². The Morgan fingerprint density at radius 1 is 1.23 bits per heavy atom. The van der Waals surface area contributed by atoms with Gasteiger partial charge in [0.2, 0.25) is 0 Å². The first kappa shape index (κ1) is 22.8. The lowest BCUT2D eigenvalue weighted by atomic mass is 10.0. The summed E-state index contributed by atoms with van der Waals surface area (Å²) in [6.45, 7) is 13.3. The summed E-state index contributed by atoms with van der Waals surface area (Å²) in [4.78, 5) is 31.4. The number of hydrogen-bond acceptors (Lipinski definition) is 7. The van der Waals surface area contributed by atoms with E-state index >= 15 is 0 Å². The predicted octanol–water partition coefficient (Wildman–Crippen LogP) is 3.75. The van der Waals surface area contributed by atoms with Crippen LogP contribution in [0.1, 0.15) is 63.5 Å². The average molecular weight is 432 g/mol. The van der Waals surface area contributed by atoms with Gasteiger partial charge >= 0.3 is 12.1 Å². The summed E-state index contributed by atoms with van der Waals surface area (Å²) in [7, 11) is 0. The Bertz CT molecular complexity index is 955. The van der Waals surface area contributed by atoms with Crippen LogP contribution in [0.4, 0.5) is 10.5 Å². The maximum Gasteiger partial charge on any atom is 0.410 e. The third kappa shape index (κ3) is 5.08. The van der Waals surface area contributed by atoms with Crippen LogP contribution in [0.2, 0.25) is 0 Å². The normalized spacial score (nSPS) is 15.2. The fourth-order valence-corrected chi connectivity index (χ4v) is 3.77. The number of carbonyl (C=O) groups is 2. The van der Waals surface area contributed by atoms with Gasteiger partial charge in [-0.15, -0.1) is 0 Å². The third-order valence-electron chi connectivity index (χ3n) is 5.24. The van der Waals surface area contributed by atoms with Crippen molar-refractivity contribution in [3.8, 4) is 0 Å². The van der Waals surface area contributed by atoms with Gasteiger partial charge in [0.1, 0.15) is 11.2 Å². The van der Waals surface area contributed by atoms with Gasteiger partial charge < -0.3 is 19.7 Å². The molecule has 1 saturated heterocycles. The number of nitrogens with one attached hydrogen (secondary N) is 1. The molecular formula is C22H33N5O4. The van der Waals surface area contributed by atoms with Crippen LogP contribution < -0.4 is 5.32 Å². The SMILES string of the molecule is CCOC(=O)c1c(C)nc2c(cnn2CC)c1NC1CCN(C(=O)OC(C)(C)C)CC1. The molecule has 1 fully saturated rings. The minimum atomic E-state index is -0.514. The highest BCUT2D eigenvalue weighted by atomic mass is 16.6. The molecule has 0 aromatic carbocycles. The molecule has 3 rings (SSSR count). The molecule has 31 heavy (non-hydrogen) atoms. The second kappa shape index (κ2) is 9.11. The van der Waals surface area contributed by atoms with Crippen LogP contribution in [0.5, 0.6) is 0 Å². The molecule has 2 aromatic heterocycles. The van der Waals surface area contributed by atoms with Crippen LogP contribution in [0.15, 0.2) is 6.20 Å². The molecule has 9 heteroatoms. The number of piperidine rings is 1. The van der Waals surface area contributed by atoms with Gasteiger partial charge in [-0.05, 0) is 54.4 Å². The Hall–Kier alpha value is -2.84. The van der Waals surface area contributed by atoms with Crippen molar-refractivity contribution >= 4 is 28.8 Å². The Morgan fingerprint density at radius 3 is 2.48 bits per heavy atom. The Labute approximate surface area is 183 Å². The van der Waals surface area contributed by atoms with Crippen molar-refractivity contribution in [1.82, 2.24) is 19.7 Å². The second-order valence-electron chi connectivity index (χ2n) is 8.75. The van der Waals surface area contributed by atoms with Crippen molar-refractivity contribution < 1.29 is 19.1 Å². The third-order valence-corrected chi connectivity index (χ3v) is 5.24. The van der Waals surface area contributed by atoms with Crippen molar-refractivity contribution in [2.45, 2.75) is 72.6 Å². The summed E-state index contributed by atoms with van der Waals surface area (Å²) in [5.74, 6) is -0.396. The van der Waals surface area contributed by atoms with E-state index in [1.54, 1.807) is 18.0 Å². The van der Waals surface area contributed by atoms with E-state index in [-0.39, 0.29) is 18.7 Å². The maximum atomic E-state index is 12.7. The van der Waals surface area contributed by atoms with E-state index in [4.69, 9.17) is 9.47 Å². The van der Waals surface area contributed by atoms with Crippen LogP contribution in [-0.4, -0.2) is 63.1 Å². The highest BCUT2D eigenvalue weighted by Crippen LogP contribution is 2.31. The Balaban J connectivity index is 1.84. The number of fused-ring (bicyclic) bond motifs is 1. The van der Waals surface area contributed by atoms with E-state index in [2.05, 4.69) is 15.4 Å². The van der Waals surface area contributed by atoms with E-state index in [1.807, 2.05) is 39.3 Å². The number of likely N-dealkylation sites (tertiary alicyclic amines) is 1. The molecule has 1 N–H and O–H groups in total. The minimum absolute atomic E-state index is 0.0989. The summed E-state index contributed by atoms with van der Waals surface area (Å²) < 4.78 is 12.6. The van der Waals surface area contributed by atoms with Crippen LogP contribution in [0, 0.1) is 6.92 Å². The first-order valence-electron chi connectivity index (χ1n) is 10.9. The number of esters is 1. The molecule has 0 atom stereocenters. The number of amides is 1. The molecule has 0 bridgehead atoms. The van der Waals surface area contributed by atoms with Crippen LogP contribution in [-0.2, 0) is 16.0 Å². The highest BCUT2D eigenvalue weighted by Gasteiger charge is 2.29. The lowest BCUT2D eigenvalue weighted by Crippen LogP contribution is -2.44. The van der Waals surface area contributed by atoms with Gasteiger partial charge in [-0.25, -0.2) is 19.3 Å². The fourth-order valence-electron chi connectivity index (χ4n) is 3.77. The molecule has 0 saturated carbocycles. The molecule has 0 unspecified atom stereocenters. The van der Waals surface area contributed by atoms with Gasteiger partial charge in [0.15, 0.2) is 5.65 Å². The average Bonchev–Trinajstić information content (AvgIpc) is 3.10. The largest absolute Gasteiger partial charge is 0.462 e. The molecule has 9 nitrogen and oxygen atoms in total. The first-order valence-corrected chi connectivity index (χ1v) is 10.9. The number of carbonyl (C=O) groups excluding carboxylic acids is 2. The summed E-state index contributed by atoms with van der Waals surface area (Å²) in [6.07, 6.45) is 2.94. The number of pyridine rings is 1. The van der Waals surface area contributed by atoms with Gasteiger partial charge in [0, 0.05) is 25.7 Å². The van der Waals surface area contributed by atoms with Crippen molar-refractivity contribution in [2.24, 2.45) is 0 Å². The second-order valence-corrected chi connectivity index (χ2v) is 8.75. The maximum absolute atomic E-state index is 12.7. The first-order chi connectivity index (χ1) is 14.6. The van der Waals surface area contributed by atoms with Gasteiger partial charge in [0.05, 0.1) is 29.6 Å². The predicted molar refractivity (Wildman–Crippen MR) is 118 cm³/mol. The zero-order chi connectivity index (χ0) is 22.8. The molecule has 170 valence electrons. The quantitative estimate of drug-likeness (QED) is 0.720. The molecule has 1 aliphatic rings.